The SMILES string of the molecule is CC.CCOC(C)(C)CCO.Cc1ccc(-c2ccc(C(C)C)cc2)cc1. The third-order valence-corrected chi connectivity index (χ3v) is 4.21. The summed E-state index contributed by atoms with van der Waals surface area (Å²) in [5, 5.41) is 8.55. The number of benzene rings is 2. The molecule has 0 fully saturated rings. The van der Waals surface area contributed by atoms with E-state index in [-0.39, 0.29) is 12.2 Å². The Morgan fingerprint density at radius 2 is 1.33 bits per heavy atom. The van der Waals surface area contributed by atoms with Gasteiger partial charge in [0, 0.05) is 13.2 Å². The Morgan fingerprint density at radius 1 is 0.889 bits per heavy atom. The third kappa shape index (κ3) is 10.3. The second-order valence-electron chi connectivity index (χ2n) is 7.31. The fourth-order valence-electron chi connectivity index (χ4n) is 2.54. The monoisotopic (exact) mass is 372 g/mol. The molecule has 0 aliphatic carbocycles. The second kappa shape index (κ2) is 13.5. The number of aliphatic hydroxyl groups excluding tert-OH is 1. The first-order chi connectivity index (χ1) is 12.8. The van der Waals surface area contributed by atoms with Crippen LogP contribution in [0, 0.1) is 6.92 Å². The van der Waals surface area contributed by atoms with E-state index >= 15 is 0 Å². The quantitative estimate of drug-likeness (QED) is 0.592. The van der Waals surface area contributed by atoms with Crippen molar-refractivity contribution in [2.45, 2.75) is 73.3 Å². The van der Waals surface area contributed by atoms with Crippen LogP contribution in [0.4, 0.5) is 0 Å². The average Bonchev–Trinajstić information content (AvgIpc) is 2.64. The molecule has 0 saturated carbocycles. The summed E-state index contributed by atoms with van der Waals surface area (Å²) in [5.41, 5.74) is 5.15. The van der Waals surface area contributed by atoms with E-state index in [0.717, 1.165) is 0 Å². The first-order valence-corrected chi connectivity index (χ1v) is 10.2. The van der Waals surface area contributed by atoms with Gasteiger partial charge in [-0.25, -0.2) is 0 Å². The predicted molar refractivity (Wildman–Crippen MR) is 119 cm³/mol. The zero-order chi connectivity index (χ0) is 20.9. The largest absolute Gasteiger partial charge is 0.396 e. The third-order valence-electron chi connectivity index (χ3n) is 4.21. The predicted octanol–water partition coefficient (Wildman–Crippen LogP) is 7.00. The van der Waals surface area contributed by atoms with Crippen LogP contribution in [0.1, 0.15) is 71.9 Å². The van der Waals surface area contributed by atoms with Crippen LogP contribution in [0.25, 0.3) is 11.1 Å². The highest BCUT2D eigenvalue weighted by atomic mass is 16.5. The van der Waals surface area contributed by atoms with E-state index in [1.54, 1.807) is 0 Å². The van der Waals surface area contributed by atoms with Crippen molar-refractivity contribution in [1.29, 1.82) is 0 Å². The lowest BCUT2D eigenvalue weighted by molar-refractivity contribution is -0.0258. The van der Waals surface area contributed by atoms with Gasteiger partial charge in [-0.15, -0.1) is 0 Å². The van der Waals surface area contributed by atoms with Crippen molar-refractivity contribution in [2.24, 2.45) is 0 Å². The minimum absolute atomic E-state index is 0.149. The van der Waals surface area contributed by atoms with Gasteiger partial charge in [0.15, 0.2) is 0 Å². The molecule has 2 aromatic rings. The molecule has 152 valence electrons. The van der Waals surface area contributed by atoms with Crippen molar-refractivity contribution in [2.75, 3.05) is 13.2 Å². The molecule has 0 saturated heterocycles. The number of rotatable bonds is 6. The van der Waals surface area contributed by atoms with E-state index in [2.05, 4.69) is 69.3 Å². The Morgan fingerprint density at radius 3 is 1.70 bits per heavy atom. The Hall–Kier alpha value is -1.64. The first-order valence-electron chi connectivity index (χ1n) is 10.2. The molecule has 2 nitrogen and oxygen atoms in total. The Balaban J connectivity index is 0.000000528. The van der Waals surface area contributed by atoms with Gasteiger partial charge in [0.2, 0.25) is 0 Å². The molecule has 0 amide bonds. The molecule has 2 rings (SSSR count). The molecule has 0 radical (unpaired) electrons. The van der Waals surface area contributed by atoms with Crippen LogP contribution in [-0.2, 0) is 4.74 Å². The summed E-state index contributed by atoms with van der Waals surface area (Å²) in [5.74, 6) is 0.604. The van der Waals surface area contributed by atoms with E-state index in [9.17, 15) is 0 Å². The minimum Gasteiger partial charge on any atom is -0.396 e. The van der Waals surface area contributed by atoms with Crippen LogP contribution in [0.15, 0.2) is 48.5 Å². The zero-order valence-electron chi connectivity index (χ0n) is 18.7. The number of ether oxygens (including phenoxy) is 1. The number of aryl methyl sites for hydroxylation is 1. The van der Waals surface area contributed by atoms with Crippen molar-refractivity contribution in [1.82, 2.24) is 0 Å². The lowest BCUT2D eigenvalue weighted by atomic mass is 9.98. The molecular formula is C25H40O2. The van der Waals surface area contributed by atoms with Gasteiger partial charge in [-0.1, -0.05) is 81.8 Å². The van der Waals surface area contributed by atoms with Crippen LogP contribution in [0.5, 0.6) is 0 Å². The van der Waals surface area contributed by atoms with Gasteiger partial charge in [0.25, 0.3) is 0 Å². The van der Waals surface area contributed by atoms with E-state index in [4.69, 9.17) is 9.84 Å². The van der Waals surface area contributed by atoms with Gasteiger partial charge in [-0.2, -0.15) is 0 Å². The van der Waals surface area contributed by atoms with Gasteiger partial charge >= 0.3 is 0 Å². The zero-order valence-corrected chi connectivity index (χ0v) is 18.7. The molecule has 0 unspecified atom stereocenters. The Bertz CT molecular complexity index is 587. The molecular weight excluding hydrogens is 332 g/mol. The number of hydrogen-bond acceptors (Lipinski definition) is 2. The minimum atomic E-state index is -0.149. The topological polar surface area (TPSA) is 29.5 Å². The Labute approximate surface area is 167 Å². The van der Waals surface area contributed by atoms with Crippen LogP contribution >= 0.6 is 0 Å². The molecule has 0 aromatic heterocycles. The molecule has 2 aromatic carbocycles. The molecule has 1 N–H and O–H groups in total. The maximum Gasteiger partial charge on any atom is 0.0648 e. The number of aliphatic hydroxyl groups is 1. The lowest BCUT2D eigenvalue weighted by Crippen LogP contribution is -2.25. The maximum atomic E-state index is 8.55. The highest BCUT2D eigenvalue weighted by molar-refractivity contribution is 5.64. The van der Waals surface area contributed by atoms with E-state index in [1.165, 1.54) is 22.3 Å². The van der Waals surface area contributed by atoms with Gasteiger partial charge in [0.1, 0.15) is 0 Å². The summed E-state index contributed by atoms with van der Waals surface area (Å²) in [7, 11) is 0. The highest BCUT2D eigenvalue weighted by Gasteiger charge is 2.15. The summed E-state index contributed by atoms with van der Waals surface area (Å²) in [4.78, 5) is 0. The molecule has 0 spiro atoms. The van der Waals surface area contributed by atoms with Crippen molar-refractivity contribution >= 4 is 0 Å². The van der Waals surface area contributed by atoms with Crippen molar-refractivity contribution in [3.05, 3.63) is 59.7 Å². The Kier molecular flexibility index (Phi) is 12.7. The summed E-state index contributed by atoms with van der Waals surface area (Å²) in [6.45, 7) is 17.4. The average molecular weight is 373 g/mol. The normalized spacial score (nSPS) is 10.6. The molecule has 0 bridgehead atoms. The molecule has 0 heterocycles. The summed E-state index contributed by atoms with van der Waals surface area (Å²) in [6, 6.07) is 17.5. The molecule has 27 heavy (non-hydrogen) atoms. The molecule has 0 aliphatic heterocycles. The molecule has 2 heteroatoms. The van der Waals surface area contributed by atoms with Gasteiger partial charge in [-0.3, -0.25) is 0 Å². The van der Waals surface area contributed by atoms with Gasteiger partial charge < -0.3 is 9.84 Å². The maximum absolute atomic E-state index is 8.55. The second-order valence-corrected chi connectivity index (χ2v) is 7.31. The fraction of sp³-hybridized carbons (Fsp3) is 0.520. The summed E-state index contributed by atoms with van der Waals surface area (Å²) < 4.78 is 5.31. The van der Waals surface area contributed by atoms with Crippen LogP contribution < -0.4 is 0 Å². The highest BCUT2D eigenvalue weighted by Crippen LogP contribution is 2.22. The molecule has 0 atom stereocenters. The van der Waals surface area contributed by atoms with Crippen molar-refractivity contribution < 1.29 is 9.84 Å². The smallest absolute Gasteiger partial charge is 0.0648 e. The van der Waals surface area contributed by atoms with E-state index < -0.39 is 0 Å². The summed E-state index contributed by atoms with van der Waals surface area (Å²) >= 11 is 0. The van der Waals surface area contributed by atoms with Gasteiger partial charge in [-0.05, 0) is 56.7 Å². The van der Waals surface area contributed by atoms with Crippen LogP contribution in [0.3, 0.4) is 0 Å². The fourth-order valence-corrected chi connectivity index (χ4v) is 2.54. The molecule has 0 aliphatic rings. The lowest BCUT2D eigenvalue weighted by Gasteiger charge is -2.22. The number of hydrogen-bond donors (Lipinski definition) is 1. The van der Waals surface area contributed by atoms with Crippen LogP contribution in [0.2, 0.25) is 0 Å². The van der Waals surface area contributed by atoms with Crippen molar-refractivity contribution in [3.63, 3.8) is 0 Å². The van der Waals surface area contributed by atoms with E-state index in [1.807, 2.05) is 34.6 Å². The first kappa shape index (κ1) is 25.4. The summed E-state index contributed by atoms with van der Waals surface area (Å²) in [6.07, 6.45) is 0.709. The standard InChI is InChI=1S/C16H18.C7H16O2.C2H6/c1-12(2)14-8-10-16(11-9-14)15-6-4-13(3)5-7-15;1-4-9-7(2,3)5-6-8;1-2/h4-12H,1-3H3;8H,4-6H2,1-3H3;1-2H3. The van der Waals surface area contributed by atoms with Crippen LogP contribution in [-0.4, -0.2) is 23.9 Å². The van der Waals surface area contributed by atoms with Gasteiger partial charge in [0.05, 0.1) is 5.60 Å². The van der Waals surface area contributed by atoms with Crippen molar-refractivity contribution in [3.8, 4) is 11.1 Å². The van der Waals surface area contributed by atoms with E-state index in [0.29, 0.717) is 18.9 Å².